The van der Waals surface area contributed by atoms with Gasteiger partial charge in [0.2, 0.25) is 0 Å². The lowest BCUT2D eigenvalue weighted by atomic mass is 10.00. The number of nitrogens with zero attached hydrogens (tertiary/aromatic N) is 2. The molecule has 5 aromatic carbocycles. The predicted molar refractivity (Wildman–Crippen MR) is 167 cm³/mol. The van der Waals surface area contributed by atoms with Crippen LogP contribution < -0.4 is 0 Å². The molecule has 0 aliphatic heterocycles. The lowest BCUT2D eigenvalue weighted by Gasteiger charge is -2.14. The average molecular weight is 507 g/mol. The molecule has 0 aliphatic carbocycles. The Morgan fingerprint density at radius 3 is 2.21 bits per heavy atom. The van der Waals surface area contributed by atoms with Crippen molar-refractivity contribution in [3.8, 4) is 5.69 Å². The van der Waals surface area contributed by atoms with Gasteiger partial charge >= 0.3 is 0 Å². The molecule has 3 heteroatoms. The van der Waals surface area contributed by atoms with Crippen molar-refractivity contribution in [3.63, 3.8) is 0 Å². The number of pyridine rings is 1. The molecule has 0 saturated heterocycles. The molecule has 0 bridgehead atoms. The summed E-state index contributed by atoms with van der Waals surface area (Å²) in [6, 6.07) is 37.4. The van der Waals surface area contributed by atoms with Crippen molar-refractivity contribution in [1.29, 1.82) is 0 Å². The summed E-state index contributed by atoms with van der Waals surface area (Å²) in [5, 5.41) is 8.88. The van der Waals surface area contributed by atoms with Crippen LogP contribution >= 0.6 is 11.3 Å². The number of aromatic nitrogens is 2. The second-order valence-electron chi connectivity index (χ2n) is 9.53. The molecule has 3 aromatic heterocycles. The van der Waals surface area contributed by atoms with Gasteiger partial charge in [0, 0.05) is 37.1 Å². The standard InChI is InChI=1S/C31H18N2S.C4H8/c1-2-9-20-19(8-1)16-27(22-11-4-3-10-21(20)22)33-26-13-7-15-32-31(26)25-17-24-23-12-5-6-14-29(23)34-30(24)18-28(25)33;1-3-4-2/h1-18H;3H,1,4H2,2H3. The Kier molecular flexibility index (Phi) is 5.45. The van der Waals surface area contributed by atoms with Crippen LogP contribution in [-0.2, 0) is 0 Å². The molecular formula is C35H26N2S. The van der Waals surface area contributed by atoms with Gasteiger partial charge in [0.15, 0.2) is 0 Å². The van der Waals surface area contributed by atoms with Crippen LogP contribution in [0.2, 0.25) is 0 Å². The third kappa shape index (κ3) is 3.43. The third-order valence-corrected chi connectivity index (χ3v) is 8.43. The Labute approximate surface area is 225 Å². The van der Waals surface area contributed by atoms with E-state index >= 15 is 0 Å². The third-order valence-electron chi connectivity index (χ3n) is 7.29. The van der Waals surface area contributed by atoms with E-state index in [4.69, 9.17) is 4.98 Å². The van der Waals surface area contributed by atoms with Gasteiger partial charge in [-0.15, -0.1) is 17.9 Å². The Balaban J connectivity index is 0.000000569. The summed E-state index contributed by atoms with van der Waals surface area (Å²) in [5.74, 6) is 0. The number of hydrogen-bond donors (Lipinski definition) is 0. The Morgan fingerprint density at radius 2 is 1.39 bits per heavy atom. The quantitative estimate of drug-likeness (QED) is 0.168. The van der Waals surface area contributed by atoms with E-state index in [1.165, 1.54) is 58.3 Å². The summed E-state index contributed by atoms with van der Waals surface area (Å²) < 4.78 is 5.05. The molecule has 3 heterocycles. The maximum Gasteiger partial charge on any atom is 0.0963 e. The molecule has 38 heavy (non-hydrogen) atoms. The van der Waals surface area contributed by atoms with Crippen molar-refractivity contribution in [2.75, 3.05) is 0 Å². The van der Waals surface area contributed by atoms with Gasteiger partial charge in [-0.1, -0.05) is 79.7 Å². The average Bonchev–Trinajstić information content (AvgIpc) is 3.50. The topological polar surface area (TPSA) is 17.8 Å². The van der Waals surface area contributed by atoms with Crippen LogP contribution in [0.5, 0.6) is 0 Å². The zero-order valence-corrected chi connectivity index (χ0v) is 22.0. The molecule has 2 nitrogen and oxygen atoms in total. The molecule has 0 radical (unpaired) electrons. The van der Waals surface area contributed by atoms with E-state index in [0.29, 0.717) is 0 Å². The molecule has 0 atom stereocenters. The van der Waals surface area contributed by atoms with Crippen LogP contribution in [0, 0.1) is 0 Å². The van der Waals surface area contributed by atoms with E-state index < -0.39 is 0 Å². The molecule has 0 amide bonds. The van der Waals surface area contributed by atoms with E-state index in [1.54, 1.807) is 0 Å². The second kappa shape index (κ2) is 9.13. The number of fused-ring (bicyclic) bond motifs is 9. The monoisotopic (exact) mass is 506 g/mol. The summed E-state index contributed by atoms with van der Waals surface area (Å²) in [6.07, 6.45) is 4.86. The zero-order valence-electron chi connectivity index (χ0n) is 21.2. The highest BCUT2D eigenvalue weighted by Crippen LogP contribution is 2.41. The number of hydrogen-bond acceptors (Lipinski definition) is 2. The summed E-state index contributed by atoms with van der Waals surface area (Å²) in [5.41, 5.74) is 4.59. The first-order chi connectivity index (χ1) is 18.8. The van der Waals surface area contributed by atoms with Crippen molar-refractivity contribution < 1.29 is 0 Å². The molecule has 0 aliphatic rings. The van der Waals surface area contributed by atoms with Gasteiger partial charge in [0.1, 0.15) is 0 Å². The largest absolute Gasteiger partial charge is 0.307 e. The Bertz CT molecular complexity index is 2150. The number of rotatable bonds is 2. The second-order valence-corrected chi connectivity index (χ2v) is 10.6. The fourth-order valence-electron chi connectivity index (χ4n) is 5.53. The Hall–Kier alpha value is -4.47. The van der Waals surface area contributed by atoms with Crippen molar-refractivity contribution in [2.24, 2.45) is 0 Å². The number of benzene rings is 5. The summed E-state index contributed by atoms with van der Waals surface area (Å²) >= 11 is 1.86. The fraction of sp³-hybridized carbons (Fsp3) is 0.0571. The fourth-order valence-corrected chi connectivity index (χ4v) is 6.65. The van der Waals surface area contributed by atoms with E-state index in [0.717, 1.165) is 17.5 Å². The Morgan fingerprint density at radius 1 is 0.684 bits per heavy atom. The normalized spacial score (nSPS) is 11.5. The minimum Gasteiger partial charge on any atom is -0.307 e. The van der Waals surface area contributed by atoms with Crippen LogP contribution in [0.1, 0.15) is 13.3 Å². The van der Waals surface area contributed by atoms with Crippen molar-refractivity contribution >= 4 is 75.0 Å². The lowest BCUT2D eigenvalue weighted by Crippen LogP contribution is -1.96. The van der Waals surface area contributed by atoms with Gasteiger partial charge in [-0.25, -0.2) is 0 Å². The van der Waals surface area contributed by atoms with Crippen LogP contribution in [0.4, 0.5) is 0 Å². The summed E-state index contributed by atoms with van der Waals surface area (Å²) in [7, 11) is 0. The minimum atomic E-state index is 1.05. The van der Waals surface area contributed by atoms with Crippen molar-refractivity contribution in [2.45, 2.75) is 13.3 Å². The van der Waals surface area contributed by atoms with Crippen molar-refractivity contribution in [1.82, 2.24) is 9.55 Å². The molecule has 182 valence electrons. The van der Waals surface area contributed by atoms with Crippen LogP contribution in [0.25, 0.3) is 69.3 Å². The van der Waals surface area contributed by atoms with E-state index in [-0.39, 0.29) is 0 Å². The summed E-state index contributed by atoms with van der Waals surface area (Å²) in [4.78, 5) is 4.85. The number of allylic oxidation sites excluding steroid dienone is 1. The van der Waals surface area contributed by atoms with Gasteiger partial charge in [-0.3, -0.25) is 4.98 Å². The number of thiophene rings is 1. The maximum absolute atomic E-state index is 4.85. The molecule has 0 N–H and O–H groups in total. The first kappa shape index (κ1) is 22.7. The first-order valence-corrected chi connectivity index (χ1v) is 13.8. The van der Waals surface area contributed by atoms with Crippen LogP contribution in [0.3, 0.4) is 0 Å². The molecule has 0 saturated carbocycles. The summed E-state index contributed by atoms with van der Waals surface area (Å²) in [6.45, 7) is 5.54. The van der Waals surface area contributed by atoms with Gasteiger partial charge in [0.05, 0.1) is 22.2 Å². The van der Waals surface area contributed by atoms with Crippen molar-refractivity contribution in [3.05, 3.63) is 122 Å². The highest BCUT2D eigenvalue weighted by molar-refractivity contribution is 7.25. The zero-order chi connectivity index (χ0) is 25.6. The molecule has 0 unspecified atom stereocenters. The molecule has 0 spiro atoms. The SMILES string of the molecule is C=CCC.c1ccc2c(c1)cc(-n1c3cc4sc5ccccc5c4cc3c3ncccc31)c1ccccc12. The van der Waals surface area contributed by atoms with Crippen LogP contribution in [-0.4, -0.2) is 9.55 Å². The van der Waals surface area contributed by atoms with E-state index in [2.05, 4.69) is 115 Å². The predicted octanol–water partition coefficient (Wildman–Crippen LogP) is 10.4. The van der Waals surface area contributed by atoms with E-state index in [9.17, 15) is 0 Å². The molecular weight excluding hydrogens is 480 g/mol. The smallest absolute Gasteiger partial charge is 0.0963 e. The molecule has 8 aromatic rings. The van der Waals surface area contributed by atoms with Gasteiger partial charge in [-0.05, 0) is 59.0 Å². The minimum absolute atomic E-state index is 1.05. The van der Waals surface area contributed by atoms with Gasteiger partial charge in [-0.2, -0.15) is 0 Å². The highest BCUT2D eigenvalue weighted by Gasteiger charge is 2.18. The first-order valence-electron chi connectivity index (χ1n) is 13.0. The van der Waals surface area contributed by atoms with Gasteiger partial charge in [0.25, 0.3) is 0 Å². The molecule has 0 fully saturated rings. The highest BCUT2D eigenvalue weighted by atomic mass is 32.1. The van der Waals surface area contributed by atoms with E-state index in [1.807, 2.05) is 29.7 Å². The maximum atomic E-state index is 4.85. The lowest BCUT2D eigenvalue weighted by molar-refractivity contribution is 1.20. The van der Waals surface area contributed by atoms with Gasteiger partial charge < -0.3 is 4.57 Å². The van der Waals surface area contributed by atoms with Crippen LogP contribution in [0.15, 0.2) is 122 Å². The molecule has 8 rings (SSSR count).